The fourth-order valence-electron chi connectivity index (χ4n) is 1.33. The lowest BCUT2D eigenvalue weighted by atomic mass is 10.4. The molecule has 7 heteroatoms. The van der Waals surface area contributed by atoms with Gasteiger partial charge in [-0.2, -0.15) is 0 Å². The predicted molar refractivity (Wildman–Crippen MR) is 68.0 cm³/mol. The molecule has 1 aliphatic rings. The molecule has 0 radical (unpaired) electrons. The van der Waals surface area contributed by atoms with E-state index in [1.165, 1.54) is 0 Å². The second-order valence-corrected chi connectivity index (χ2v) is 5.19. The first-order chi connectivity index (χ1) is 8.81. The molecule has 1 fully saturated rings. The summed E-state index contributed by atoms with van der Waals surface area (Å²) in [5.74, 6) is -0.693. The van der Waals surface area contributed by atoms with E-state index in [2.05, 4.69) is 10.6 Å². The van der Waals surface area contributed by atoms with Crippen LogP contribution in [0.2, 0.25) is 0 Å². The fraction of sp³-hybridized carbons (Fsp3) is 0.750. The van der Waals surface area contributed by atoms with Crippen molar-refractivity contribution in [3.05, 3.63) is 0 Å². The molecule has 0 bridgehead atoms. The number of imide groups is 1. The third-order valence-corrected chi connectivity index (χ3v) is 2.30. The number of carbonyl (C=O) groups is 3. The van der Waals surface area contributed by atoms with Gasteiger partial charge in [0, 0.05) is 18.0 Å². The van der Waals surface area contributed by atoms with Gasteiger partial charge >= 0.3 is 12.1 Å². The topological polar surface area (TPSA) is 87.7 Å². The number of nitrogens with one attached hydrogen (secondary N) is 2. The molecule has 0 heterocycles. The van der Waals surface area contributed by atoms with E-state index in [1.54, 1.807) is 27.7 Å². The van der Waals surface area contributed by atoms with Crippen LogP contribution < -0.4 is 10.6 Å². The zero-order valence-electron chi connectivity index (χ0n) is 11.7. The van der Waals surface area contributed by atoms with Crippen LogP contribution in [0.3, 0.4) is 0 Å². The molecule has 1 aliphatic carbocycles. The molecule has 108 valence electrons. The highest BCUT2D eigenvalue weighted by atomic mass is 16.7. The fourth-order valence-corrected chi connectivity index (χ4v) is 1.33. The van der Waals surface area contributed by atoms with E-state index in [0.717, 1.165) is 12.8 Å². The lowest BCUT2D eigenvalue weighted by Gasteiger charge is -2.21. The van der Waals surface area contributed by atoms with Crippen molar-refractivity contribution in [2.75, 3.05) is 0 Å². The highest BCUT2D eigenvalue weighted by molar-refractivity contribution is 5.96. The Hall–Kier alpha value is -1.79. The summed E-state index contributed by atoms with van der Waals surface area (Å²) in [5.41, 5.74) is 0. The van der Waals surface area contributed by atoms with Crippen molar-refractivity contribution < 1.29 is 19.2 Å². The predicted octanol–water partition coefficient (Wildman–Crippen LogP) is 1.39. The maximum Gasteiger partial charge on any atom is 0.432 e. The van der Waals surface area contributed by atoms with Crippen molar-refractivity contribution in [1.29, 1.82) is 0 Å². The maximum absolute atomic E-state index is 11.9. The molecule has 19 heavy (non-hydrogen) atoms. The Labute approximate surface area is 112 Å². The molecule has 0 spiro atoms. The smallest absolute Gasteiger partial charge is 0.333 e. The first kappa shape index (κ1) is 15.3. The van der Waals surface area contributed by atoms with Gasteiger partial charge in [0.2, 0.25) is 0 Å². The van der Waals surface area contributed by atoms with Gasteiger partial charge in [-0.3, -0.25) is 4.79 Å². The summed E-state index contributed by atoms with van der Waals surface area (Å²) < 4.78 is 0. The molecule has 1 rings (SSSR count). The molecule has 7 nitrogen and oxygen atoms in total. The highest BCUT2D eigenvalue weighted by Gasteiger charge is 2.39. The molecular formula is C12H21N3O4. The lowest BCUT2D eigenvalue weighted by molar-refractivity contribution is -0.155. The molecule has 0 aromatic rings. The van der Waals surface area contributed by atoms with E-state index in [0.29, 0.717) is 5.06 Å². The number of hydrogen-bond acceptors (Lipinski definition) is 4. The number of urea groups is 1. The van der Waals surface area contributed by atoms with Crippen LogP contribution in [-0.2, 0) is 9.63 Å². The minimum Gasteiger partial charge on any atom is -0.333 e. The second-order valence-electron chi connectivity index (χ2n) is 5.19. The average Bonchev–Trinajstić information content (AvgIpc) is 3.06. The second kappa shape index (κ2) is 6.40. The maximum atomic E-state index is 11.9. The SMILES string of the molecule is CC(C)NC(=O)ON(C(=O)NC(C)C)C(=O)C1CC1. The van der Waals surface area contributed by atoms with Gasteiger partial charge in [0.1, 0.15) is 0 Å². The van der Waals surface area contributed by atoms with E-state index < -0.39 is 18.0 Å². The van der Waals surface area contributed by atoms with Crippen LogP contribution in [0.25, 0.3) is 0 Å². The van der Waals surface area contributed by atoms with Gasteiger partial charge in [-0.25, -0.2) is 9.59 Å². The van der Waals surface area contributed by atoms with Crippen molar-refractivity contribution in [3.8, 4) is 0 Å². The van der Waals surface area contributed by atoms with Crippen LogP contribution in [0.15, 0.2) is 0 Å². The van der Waals surface area contributed by atoms with Gasteiger partial charge in [0.25, 0.3) is 5.91 Å². The summed E-state index contributed by atoms with van der Waals surface area (Å²) in [4.78, 5) is 40.1. The third kappa shape index (κ3) is 5.15. The zero-order valence-corrected chi connectivity index (χ0v) is 11.7. The first-order valence-corrected chi connectivity index (χ1v) is 6.44. The van der Waals surface area contributed by atoms with E-state index in [-0.39, 0.29) is 18.0 Å². The van der Waals surface area contributed by atoms with Crippen molar-refractivity contribution in [1.82, 2.24) is 15.7 Å². The Bertz CT molecular complexity index is 364. The highest BCUT2D eigenvalue weighted by Crippen LogP contribution is 2.31. The molecule has 0 aromatic carbocycles. The average molecular weight is 271 g/mol. The van der Waals surface area contributed by atoms with Crippen molar-refractivity contribution >= 4 is 18.0 Å². The molecule has 2 N–H and O–H groups in total. The normalized spacial score (nSPS) is 14.2. The van der Waals surface area contributed by atoms with Gasteiger partial charge < -0.3 is 15.5 Å². The van der Waals surface area contributed by atoms with Gasteiger partial charge in [-0.05, 0) is 40.5 Å². The van der Waals surface area contributed by atoms with Crippen molar-refractivity contribution in [2.45, 2.75) is 52.6 Å². The van der Waals surface area contributed by atoms with Crippen LogP contribution >= 0.6 is 0 Å². The van der Waals surface area contributed by atoms with Crippen LogP contribution in [-0.4, -0.2) is 35.2 Å². The van der Waals surface area contributed by atoms with Gasteiger partial charge in [-0.15, -0.1) is 0 Å². The number of hydrogen-bond donors (Lipinski definition) is 2. The molecule has 0 unspecified atom stereocenters. The number of hydroxylamine groups is 2. The molecule has 0 aromatic heterocycles. The van der Waals surface area contributed by atoms with Crippen molar-refractivity contribution in [3.63, 3.8) is 0 Å². The number of nitrogens with zero attached hydrogens (tertiary/aromatic N) is 1. The van der Waals surface area contributed by atoms with E-state index in [9.17, 15) is 14.4 Å². The van der Waals surface area contributed by atoms with Crippen LogP contribution in [0.1, 0.15) is 40.5 Å². The Morgan fingerprint density at radius 3 is 2.00 bits per heavy atom. The third-order valence-electron chi connectivity index (χ3n) is 2.30. The van der Waals surface area contributed by atoms with Gasteiger partial charge in [0.15, 0.2) is 0 Å². The summed E-state index contributed by atoms with van der Waals surface area (Å²) >= 11 is 0. The lowest BCUT2D eigenvalue weighted by Crippen LogP contribution is -2.49. The summed E-state index contributed by atoms with van der Waals surface area (Å²) in [5, 5.41) is 5.51. The van der Waals surface area contributed by atoms with E-state index >= 15 is 0 Å². The zero-order chi connectivity index (χ0) is 14.6. The quantitative estimate of drug-likeness (QED) is 0.759. The minimum absolute atomic E-state index is 0.140. The number of carbonyl (C=O) groups excluding carboxylic acids is 3. The largest absolute Gasteiger partial charge is 0.432 e. The standard InChI is InChI=1S/C12H21N3O4/c1-7(2)13-11(17)15(10(16)9-5-6-9)19-12(18)14-8(3)4/h7-9H,5-6H2,1-4H3,(H,13,17)(H,14,18). The van der Waals surface area contributed by atoms with Gasteiger partial charge in [-0.1, -0.05) is 5.06 Å². The Balaban J connectivity index is 2.66. The van der Waals surface area contributed by atoms with Crippen LogP contribution in [0.4, 0.5) is 9.59 Å². The molecule has 4 amide bonds. The molecular weight excluding hydrogens is 250 g/mol. The molecule has 0 atom stereocenters. The number of amides is 4. The first-order valence-electron chi connectivity index (χ1n) is 6.44. The monoisotopic (exact) mass is 271 g/mol. The van der Waals surface area contributed by atoms with Gasteiger partial charge in [0.05, 0.1) is 0 Å². The minimum atomic E-state index is -0.817. The Morgan fingerprint density at radius 1 is 1.05 bits per heavy atom. The molecule has 0 saturated heterocycles. The summed E-state index contributed by atoms with van der Waals surface area (Å²) in [6.07, 6.45) is 0.627. The number of rotatable bonds is 3. The van der Waals surface area contributed by atoms with Crippen LogP contribution in [0, 0.1) is 5.92 Å². The summed E-state index contributed by atoms with van der Waals surface area (Å²) in [7, 11) is 0. The van der Waals surface area contributed by atoms with Crippen molar-refractivity contribution in [2.24, 2.45) is 5.92 Å². The Kier molecular flexibility index (Phi) is 5.14. The Morgan fingerprint density at radius 2 is 1.58 bits per heavy atom. The summed E-state index contributed by atoms with van der Waals surface area (Å²) in [6, 6.07) is -1.01. The molecule has 1 saturated carbocycles. The molecule has 0 aliphatic heterocycles. The van der Waals surface area contributed by atoms with E-state index in [1.807, 2.05) is 0 Å². The van der Waals surface area contributed by atoms with Crippen LogP contribution in [0.5, 0.6) is 0 Å². The van der Waals surface area contributed by atoms with E-state index in [4.69, 9.17) is 4.84 Å². The summed E-state index contributed by atoms with van der Waals surface area (Å²) in [6.45, 7) is 7.02.